The predicted molar refractivity (Wildman–Crippen MR) is 143 cm³/mol. The van der Waals surface area contributed by atoms with Gasteiger partial charge in [0.25, 0.3) is 0 Å². The van der Waals surface area contributed by atoms with E-state index in [9.17, 15) is 4.79 Å². The molecule has 0 amide bonds. The fraction of sp³-hybridized carbons (Fsp3) is 0.345. The van der Waals surface area contributed by atoms with Crippen molar-refractivity contribution in [2.75, 3.05) is 21.3 Å². The van der Waals surface area contributed by atoms with Crippen LogP contribution in [0.25, 0.3) is 0 Å². The molecule has 6 heteroatoms. The van der Waals surface area contributed by atoms with Crippen LogP contribution >= 0.6 is 0 Å². The van der Waals surface area contributed by atoms with E-state index < -0.39 is 18.8 Å². The van der Waals surface area contributed by atoms with Crippen molar-refractivity contribution < 1.29 is 22.1 Å². The van der Waals surface area contributed by atoms with E-state index >= 15 is 0 Å². The van der Waals surface area contributed by atoms with Crippen molar-refractivity contribution in [3.8, 4) is 17.2 Å². The topological polar surface area (TPSA) is 54.0 Å². The molecule has 3 rings (SSSR count). The Hall–Kier alpha value is -2.67. The third-order valence-corrected chi connectivity index (χ3v) is 17.7. The molecule has 0 N–H and O–H groups in total. The average Bonchev–Trinajstić information content (AvgIpc) is 2.92. The summed E-state index contributed by atoms with van der Waals surface area (Å²) in [7, 11) is 4.95. The number of hydrogen-bond acceptors (Lipinski definition) is 5. The monoisotopic (exact) mass is 584 g/mol. The van der Waals surface area contributed by atoms with Crippen molar-refractivity contribution in [3.05, 3.63) is 72.8 Å². The van der Waals surface area contributed by atoms with Crippen molar-refractivity contribution in [1.82, 2.24) is 0 Å². The van der Waals surface area contributed by atoms with E-state index in [1.165, 1.54) is 0 Å². The predicted octanol–water partition coefficient (Wildman–Crippen LogP) is 4.44. The van der Waals surface area contributed by atoms with Gasteiger partial charge in [-0.15, -0.1) is 0 Å². The summed E-state index contributed by atoms with van der Waals surface area (Å²) < 4.78 is 26.2. The molecule has 0 spiro atoms. The first-order valence-corrected chi connectivity index (χ1v) is 17.6. The molecule has 1 atom stereocenters. The molecule has 0 bridgehead atoms. The molecular weight excluding hydrogens is 547 g/mol. The summed E-state index contributed by atoms with van der Waals surface area (Å²) in [5.41, 5.74) is 0. The van der Waals surface area contributed by atoms with E-state index in [-0.39, 0.29) is 11.9 Å². The van der Waals surface area contributed by atoms with Gasteiger partial charge >= 0.3 is 214 Å². The Labute approximate surface area is 213 Å². The molecule has 35 heavy (non-hydrogen) atoms. The molecule has 0 aromatic heterocycles. The molecule has 3 aromatic carbocycles. The normalized spacial score (nSPS) is 12.0. The van der Waals surface area contributed by atoms with Gasteiger partial charge in [-0.2, -0.15) is 0 Å². The third kappa shape index (κ3) is 6.13. The fourth-order valence-electron chi connectivity index (χ4n) is 4.33. The van der Waals surface area contributed by atoms with Crippen LogP contribution in [0, 0.1) is 5.92 Å². The van der Waals surface area contributed by atoms with Crippen LogP contribution in [-0.4, -0.2) is 46.1 Å². The number of hydrogen-bond donors (Lipinski definition) is 0. The maximum atomic E-state index is 13.7. The molecular formula is C29H36O5Sn. The van der Waals surface area contributed by atoms with E-state index in [1.54, 1.807) is 21.3 Å². The molecule has 0 aliphatic rings. The Morgan fingerprint density at radius 1 is 0.686 bits per heavy atom. The van der Waals surface area contributed by atoms with Gasteiger partial charge in [-0.05, 0) is 0 Å². The Kier molecular flexibility index (Phi) is 9.90. The zero-order valence-corrected chi connectivity index (χ0v) is 24.2. The Balaban J connectivity index is 2.24. The SMILES string of the molecule is CCCCC(CC)C(=O)[O][Sn]([c]1ccc(OC)cc1)([c]1ccc(OC)cc1)[c]1ccc(OC)cc1. The zero-order valence-electron chi connectivity index (χ0n) is 21.4. The molecule has 0 heterocycles. The molecule has 0 fully saturated rings. The van der Waals surface area contributed by atoms with Crippen LogP contribution in [0.1, 0.15) is 39.5 Å². The summed E-state index contributed by atoms with van der Waals surface area (Å²) in [5, 5.41) is 0. The third-order valence-electron chi connectivity index (χ3n) is 6.48. The van der Waals surface area contributed by atoms with Gasteiger partial charge in [0.05, 0.1) is 0 Å². The van der Waals surface area contributed by atoms with Crippen LogP contribution in [0.3, 0.4) is 0 Å². The molecule has 0 radical (unpaired) electrons. The minimum absolute atomic E-state index is 0.112. The minimum atomic E-state index is -4.28. The van der Waals surface area contributed by atoms with Gasteiger partial charge in [-0.1, -0.05) is 0 Å². The van der Waals surface area contributed by atoms with Crippen LogP contribution in [-0.2, 0) is 7.87 Å². The zero-order chi connectivity index (χ0) is 25.3. The first-order chi connectivity index (χ1) is 17.0. The fourth-order valence-corrected chi connectivity index (χ4v) is 15.0. The summed E-state index contributed by atoms with van der Waals surface area (Å²) in [4.78, 5) is 13.7. The summed E-state index contributed by atoms with van der Waals surface area (Å²) >= 11 is -4.28. The van der Waals surface area contributed by atoms with E-state index in [4.69, 9.17) is 17.3 Å². The molecule has 0 aliphatic carbocycles. The molecule has 5 nitrogen and oxygen atoms in total. The number of methoxy groups -OCH3 is 3. The molecule has 186 valence electrons. The summed E-state index contributed by atoms with van der Waals surface area (Å²) in [6, 6.07) is 23.9. The van der Waals surface area contributed by atoms with Crippen LogP contribution in [0.4, 0.5) is 0 Å². The van der Waals surface area contributed by atoms with Crippen LogP contribution in [0.2, 0.25) is 0 Å². The molecule has 3 aromatic rings. The summed E-state index contributed by atoms with van der Waals surface area (Å²) in [6.45, 7) is 4.21. The van der Waals surface area contributed by atoms with Crippen molar-refractivity contribution in [3.63, 3.8) is 0 Å². The molecule has 0 saturated carbocycles. The number of unbranched alkanes of at least 4 members (excludes halogenated alkanes) is 1. The molecule has 0 aliphatic heterocycles. The van der Waals surface area contributed by atoms with Gasteiger partial charge in [0.1, 0.15) is 0 Å². The number of benzene rings is 3. The van der Waals surface area contributed by atoms with Gasteiger partial charge in [0.15, 0.2) is 0 Å². The van der Waals surface area contributed by atoms with Gasteiger partial charge < -0.3 is 0 Å². The Bertz CT molecular complexity index is 946. The summed E-state index contributed by atoms with van der Waals surface area (Å²) in [5.74, 6) is 2.05. The number of rotatable bonds is 12. The van der Waals surface area contributed by atoms with E-state index in [1.807, 2.05) is 72.8 Å². The Morgan fingerprint density at radius 2 is 1.06 bits per heavy atom. The van der Waals surface area contributed by atoms with Crippen molar-refractivity contribution in [2.24, 2.45) is 5.92 Å². The first kappa shape index (κ1) is 26.9. The van der Waals surface area contributed by atoms with Crippen molar-refractivity contribution in [2.45, 2.75) is 39.5 Å². The average molecular weight is 583 g/mol. The second-order valence-corrected chi connectivity index (χ2v) is 17.9. The van der Waals surface area contributed by atoms with Crippen molar-refractivity contribution >= 4 is 35.5 Å². The van der Waals surface area contributed by atoms with Gasteiger partial charge in [0, 0.05) is 0 Å². The first-order valence-electron chi connectivity index (χ1n) is 12.2. The van der Waals surface area contributed by atoms with Gasteiger partial charge in [0.2, 0.25) is 0 Å². The molecule has 1 unspecified atom stereocenters. The number of carbonyl (C=O) groups is 1. The van der Waals surface area contributed by atoms with Crippen LogP contribution in [0.15, 0.2) is 72.8 Å². The quantitative estimate of drug-likeness (QED) is 0.296. The Morgan fingerprint density at radius 3 is 1.34 bits per heavy atom. The second-order valence-electron chi connectivity index (χ2n) is 8.54. The standard InChI is InChI=1S/C8H16O2.3C7H7O.Sn/c1-3-5-6-7(4-2)8(9)10;3*1-8-7-5-3-2-4-6-7;/h7H,3-6H2,1-2H3,(H,9,10);3*3-6H,1H3;/q;;;;+1/p-1. The number of ether oxygens (including phenoxy) is 3. The second kappa shape index (κ2) is 12.9. The van der Waals surface area contributed by atoms with Crippen LogP contribution in [0.5, 0.6) is 17.2 Å². The van der Waals surface area contributed by atoms with E-state index in [0.29, 0.717) is 0 Å². The molecule has 0 saturated heterocycles. The summed E-state index contributed by atoms with van der Waals surface area (Å²) in [6.07, 6.45) is 3.65. The van der Waals surface area contributed by atoms with Crippen molar-refractivity contribution in [1.29, 1.82) is 0 Å². The number of carbonyl (C=O) groups excluding carboxylic acids is 1. The van der Waals surface area contributed by atoms with Gasteiger partial charge in [-0.25, -0.2) is 0 Å². The van der Waals surface area contributed by atoms with E-state index in [2.05, 4.69) is 13.8 Å². The van der Waals surface area contributed by atoms with Crippen LogP contribution < -0.4 is 24.9 Å². The van der Waals surface area contributed by atoms with Gasteiger partial charge in [-0.3, -0.25) is 0 Å². The van der Waals surface area contributed by atoms with E-state index in [0.717, 1.165) is 53.7 Å². The maximum absolute atomic E-state index is 13.7.